The van der Waals surface area contributed by atoms with E-state index in [2.05, 4.69) is 51.5 Å². The Hall–Kier alpha value is 0.0200. The van der Waals surface area contributed by atoms with Gasteiger partial charge < -0.3 is 8.22 Å². The predicted molar refractivity (Wildman–Crippen MR) is 71.2 cm³/mol. The molecule has 13 heavy (non-hydrogen) atoms. The zero-order chi connectivity index (χ0) is 9.42. The molecule has 1 N–H and O–H groups in total. The van der Waals surface area contributed by atoms with Crippen LogP contribution in [-0.2, 0) is 0 Å². The number of hydrogen-bond donors (Lipinski definition) is 1. The molecule has 1 aliphatic heterocycles. The van der Waals surface area contributed by atoms with E-state index in [1.807, 2.05) is 21.3 Å². The van der Waals surface area contributed by atoms with Crippen molar-refractivity contribution in [1.29, 1.82) is 0 Å². The van der Waals surface area contributed by atoms with Crippen LogP contribution in [0.15, 0.2) is 18.2 Å². The van der Waals surface area contributed by atoms with Crippen molar-refractivity contribution in [3.8, 4) is 5.75 Å². The van der Waals surface area contributed by atoms with Crippen LogP contribution in [0.25, 0.3) is 6.08 Å². The third-order valence-corrected chi connectivity index (χ3v) is 3.69. The lowest BCUT2D eigenvalue weighted by atomic mass is 10.1. The van der Waals surface area contributed by atoms with Gasteiger partial charge in [0, 0.05) is 12.1 Å². The maximum Gasteiger partial charge on any atom is 0.153 e. The van der Waals surface area contributed by atoms with Crippen LogP contribution in [-0.4, -0.2) is 11.7 Å². The first-order valence-corrected chi connectivity index (χ1v) is 5.86. The number of phenols is 1. The molecular formula is C9H7I2NO. The quantitative estimate of drug-likeness (QED) is 0.536. The van der Waals surface area contributed by atoms with E-state index in [1.54, 1.807) is 0 Å². The average molecular weight is 399 g/mol. The Kier molecular flexibility index (Phi) is 2.68. The minimum atomic E-state index is 0.386. The average Bonchev–Trinajstić information content (AvgIpc) is 2.12. The summed E-state index contributed by atoms with van der Waals surface area (Å²) in [5.41, 5.74) is 2.01. The Bertz CT molecular complexity index is 376. The van der Waals surface area contributed by atoms with Crippen molar-refractivity contribution in [2.24, 2.45) is 0 Å². The molecule has 0 amide bonds. The zero-order valence-corrected chi connectivity index (χ0v) is 11.0. The smallest absolute Gasteiger partial charge is 0.153 e. The first-order valence-electron chi connectivity index (χ1n) is 3.81. The maximum absolute atomic E-state index is 9.83. The molecule has 0 saturated carbocycles. The molecule has 2 rings (SSSR count). The zero-order valence-electron chi connectivity index (χ0n) is 6.67. The predicted octanol–water partition coefficient (Wildman–Crippen LogP) is 3.18. The molecule has 4 heteroatoms. The molecule has 1 aromatic carbocycles. The highest BCUT2D eigenvalue weighted by molar-refractivity contribution is 14.1. The van der Waals surface area contributed by atoms with E-state index < -0.39 is 0 Å². The van der Waals surface area contributed by atoms with Crippen molar-refractivity contribution >= 4 is 57.2 Å². The van der Waals surface area contributed by atoms with Crippen molar-refractivity contribution < 1.29 is 5.11 Å². The van der Waals surface area contributed by atoms with Crippen LogP contribution in [0.1, 0.15) is 5.56 Å². The second-order valence-corrected chi connectivity index (χ2v) is 5.11. The molecule has 68 valence electrons. The van der Waals surface area contributed by atoms with Gasteiger partial charge in [-0.1, -0.05) is 18.2 Å². The minimum Gasteiger partial charge on any atom is -0.505 e. The van der Waals surface area contributed by atoms with Gasteiger partial charge in [-0.2, -0.15) is 0 Å². The molecule has 0 spiro atoms. The summed E-state index contributed by atoms with van der Waals surface area (Å²) < 4.78 is 2.92. The number of halogens is 2. The number of anilines is 1. The molecule has 0 unspecified atom stereocenters. The third kappa shape index (κ3) is 1.65. The molecule has 2 nitrogen and oxygen atoms in total. The van der Waals surface area contributed by atoms with Crippen molar-refractivity contribution in [2.45, 2.75) is 0 Å². The van der Waals surface area contributed by atoms with Crippen LogP contribution >= 0.6 is 45.5 Å². The summed E-state index contributed by atoms with van der Waals surface area (Å²) in [4.78, 5) is 0. The summed E-state index contributed by atoms with van der Waals surface area (Å²) in [5.74, 6) is 0.386. The number of hydrogen-bond acceptors (Lipinski definition) is 2. The Balaban J connectivity index is 2.66. The summed E-state index contributed by atoms with van der Waals surface area (Å²) in [5, 5.41) is 9.83. The Morgan fingerprint density at radius 2 is 2.15 bits per heavy atom. The molecule has 1 aliphatic rings. The van der Waals surface area contributed by atoms with Crippen LogP contribution in [0, 0.1) is 3.57 Å². The largest absolute Gasteiger partial charge is 0.505 e. The highest BCUT2D eigenvalue weighted by atomic mass is 127. The van der Waals surface area contributed by atoms with E-state index in [1.165, 1.54) is 0 Å². The maximum atomic E-state index is 9.83. The summed E-state index contributed by atoms with van der Waals surface area (Å²) in [6, 6.07) is 3.95. The lowest BCUT2D eigenvalue weighted by molar-refractivity contribution is 0.472. The van der Waals surface area contributed by atoms with Gasteiger partial charge >= 0.3 is 0 Å². The van der Waals surface area contributed by atoms with E-state index in [4.69, 9.17) is 0 Å². The highest BCUT2D eigenvalue weighted by Gasteiger charge is 2.16. The summed E-state index contributed by atoms with van der Waals surface area (Å²) in [6.45, 7) is 0.848. The monoisotopic (exact) mass is 399 g/mol. The van der Waals surface area contributed by atoms with Crippen LogP contribution < -0.4 is 3.11 Å². The number of nitrogens with zero attached hydrogens (tertiary/aromatic N) is 1. The molecular weight excluding hydrogens is 392 g/mol. The molecule has 0 aromatic heterocycles. The van der Waals surface area contributed by atoms with E-state index >= 15 is 0 Å². The van der Waals surface area contributed by atoms with Crippen molar-refractivity contribution in [3.05, 3.63) is 27.3 Å². The molecule has 1 aromatic rings. The lowest BCUT2D eigenvalue weighted by Crippen LogP contribution is -2.13. The fourth-order valence-electron chi connectivity index (χ4n) is 1.32. The van der Waals surface area contributed by atoms with Crippen molar-refractivity contribution in [1.82, 2.24) is 0 Å². The van der Waals surface area contributed by atoms with Gasteiger partial charge in [-0.3, -0.25) is 0 Å². The molecule has 1 heterocycles. The van der Waals surface area contributed by atoms with Gasteiger partial charge in [0.1, 0.15) is 0 Å². The first-order chi connectivity index (χ1) is 6.20. The molecule has 0 atom stereocenters. The SMILES string of the molecule is Oc1c(I)ccc2c1N(I)CC=C2. The molecule has 0 radical (unpaired) electrons. The van der Waals surface area contributed by atoms with Gasteiger partial charge in [0.05, 0.1) is 32.1 Å². The minimum absolute atomic E-state index is 0.386. The Labute approximate surface area is 104 Å². The first kappa shape index (κ1) is 9.57. The number of benzene rings is 1. The topological polar surface area (TPSA) is 23.5 Å². The highest BCUT2D eigenvalue weighted by Crippen LogP contribution is 2.39. The van der Waals surface area contributed by atoms with Gasteiger partial charge in [-0.05, 0) is 28.7 Å². The fourth-order valence-corrected chi connectivity index (χ4v) is 2.49. The van der Waals surface area contributed by atoms with E-state index in [9.17, 15) is 5.11 Å². The second-order valence-electron chi connectivity index (χ2n) is 2.78. The molecule has 0 aliphatic carbocycles. The van der Waals surface area contributed by atoms with Gasteiger partial charge in [0.25, 0.3) is 0 Å². The van der Waals surface area contributed by atoms with E-state index in [0.29, 0.717) is 5.75 Å². The van der Waals surface area contributed by atoms with Crippen LogP contribution in [0.2, 0.25) is 0 Å². The standard InChI is InChI=1S/C9H7I2NO/c10-7-4-3-6-2-1-5-12(11)8(6)9(7)13/h1-4,13H,5H2. The molecule has 0 bridgehead atoms. The van der Waals surface area contributed by atoms with Crippen LogP contribution in [0.5, 0.6) is 5.75 Å². The summed E-state index contributed by atoms with van der Waals surface area (Å²) in [7, 11) is 0. The summed E-state index contributed by atoms with van der Waals surface area (Å²) >= 11 is 4.35. The Morgan fingerprint density at radius 1 is 1.38 bits per heavy atom. The lowest BCUT2D eigenvalue weighted by Gasteiger charge is -2.22. The van der Waals surface area contributed by atoms with Crippen LogP contribution in [0.4, 0.5) is 5.69 Å². The van der Waals surface area contributed by atoms with Crippen molar-refractivity contribution in [2.75, 3.05) is 9.66 Å². The van der Waals surface area contributed by atoms with Gasteiger partial charge in [0.2, 0.25) is 0 Å². The number of aromatic hydroxyl groups is 1. The number of fused-ring (bicyclic) bond motifs is 1. The normalized spacial score (nSPS) is 14.5. The fraction of sp³-hybridized carbons (Fsp3) is 0.111. The van der Waals surface area contributed by atoms with Gasteiger partial charge in [0.15, 0.2) is 5.75 Å². The summed E-state index contributed by atoms with van der Waals surface area (Å²) in [6.07, 6.45) is 4.13. The van der Waals surface area contributed by atoms with E-state index in [-0.39, 0.29) is 0 Å². The van der Waals surface area contributed by atoms with E-state index in [0.717, 1.165) is 21.4 Å². The van der Waals surface area contributed by atoms with Gasteiger partial charge in [-0.25, -0.2) is 0 Å². The molecule has 0 fully saturated rings. The van der Waals surface area contributed by atoms with Gasteiger partial charge in [-0.15, -0.1) is 0 Å². The second kappa shape index (κ2) is 3.64. The third-order valence-electron chi connectivity index (χ3n) is 1.94. The Morgan fingerprint density at radius 3 is 2.92 bits per heavy atom. The molecule has 0 saturated heterocycles. The van der Waals surface area contributed by atoms with Crippen molar-refractivity contribution in [3.63, 3.8) is 0 Å². The number of phenolic OH excluding ortho intramolecular Hbond substituents is 1. The van der Waals surface area contributed by atoms with Crippen LogP contribution in [0.3, 0.4) is 0 Å². The number of rotatable bonds is 0.